The molecule has 0 saturated carbocycles. The van der Waals surface area contributed by atoms with E-state index in [4.69, 9.17) is 18.9 Å². The summed E-state index contributed by atoms with van der Waals surface area (Å²) in [6.07, 6.45) is -0.840. The number of amides is 1. The average Bonchev–Trinajstić information content (AvgIpc) is 2.71. The van der Waals surface area contributed by atoms with Crippen LogP contribution in [0, 0.1) is 0 Å². The van der Waals surface area contributed by atoms with E-state index >= 15 is 0 Å². The topological polar surface area (TPSA) is 83.1 Å². The predicted octanol–water partition coefficient (Wildman–Crippen LogP) is 3.70. The molecule has 7 heteroatoms. The fourth-order valence-corrected chi connectivity index (χ4v) is 2.86. The molecule has 0 saturated heterocycles. The van der Waals surface area contributed by atoms with Gasteiger partial charge in [0.2, 0.25) is 0 Å². The van der Waals surface area contributed by atoms with E-state index in [0.717, 1.165) is 0 Å². The van der Waals surface area contributed by atoms with E-state index < -0.39 is 24.6 Å². The third-order valence-electron chi connectivity index (χ3n) is 4.54. The molecule has 1 amide bonds. The Morgan fingerprint density at radius 1 is 1.03 bits per heavy atom. The summed E-state index contributed by atoms with van der Waals surface area (Å²) in [6, 6.07) is 12.7. The Labute approximate surface area is 176 Å². The molecular weight excluding hydrogens is 386 g/mol. The zero-order valence-corrected chi connectivity index (χ0v) is 17.7. The van der Waals surface area contributed by atoms with E-state index in [1.165, 1.54) is 5.56 Å². The molecule has 3 rings (SSSR count). The number of carbonyl (C=O) groups excluding carboxylic acids is 2. The van der Waals surface area contributed by atoms with Crippen LogP contribution < -0.4 is 19.5 Å². The van der Waals surface area contributed by atoms with E-state index in [0.29, 0.717) is 36.1 Å². The lowest BCUT2D eigenvalue weighted by molar-refractivity contribution is -0.153. The first-order valence-electron chi connectivity index (χ1n) is 9.86. The summed E-state index contributed by atoms with van der Waals surface area (Å²) in [6.45, 7) is 8.49. The lowest BCUT2D eigenvalue weighted by atomic mass is 9.87. The molecule has 0 radical (unpaired) electrons. The van der Waals surface area contributed by atoms with E-state index in [1.807, 2.05) is 24.3 Å². The molecule has 1 heterocycles. The van der Waals surface area contributed by atoms with Crippen molar-refractivity contribution in [2.24, 2.45) is 0 Å². The minimum Gasteiger partial charge on any atom is -0.486 e. The molecule has 0 bridgehead atoms. The molecule has 160 valence electrons. The number of hydrogen-bond donors (Lipinski definition) is 1. The van der Waals surface area contributed by atoms with E-state index in [2.05, 4.69) is 26.1 Å². The minimum absolute atomic E-state index is 0.0354. The van der Waals surface area contributed by atoms with Crippen molar-refractivity contribution in [2.75, 3.05) is 25.1 Å². The summed E-state index contributed by atoms with van der Waals surface area (Å²) in [5, 5.41) is 2.66. The molecule has 0 fully saturated rings. The molecule has 0 unspecified atom stereocenters. The highest BCUT2D eigenvalue weighted by molar-refractivity contribution is 5.93. The Balaban J connectivity index is 1.47. The molecule has 1 aliphatic heterocycles. The highest BCUT2D eigenvalue weighted by atomic mass is 16.6. The smallest absolute Gasteiger partial charge is 0.347 e. The van der Waals surface area contributed by atoms with Gasteiger partial charge < -0.3 is 24.3 Å². The molecule has 0 aromatic heterocycles. The van der Waals surface area contributed by atoms with Gasteiger partial charge in [0.05, 0.1) is 0 Å². The van der Waals surface area contributed by atoms with Gasteiger partial charge in [-0.15, -0.1) is 0 Å². The van der Waals surface area contributed by atoms with Crippen LogP contribution >= 0.6 is 0 Å². The zero-order chi connectivity index (χ0) is 21.7. The van der Waals surface area contributed by atoms with Crippen LogP contribution in [0.15, 0.2) is 42.5 Å². The first-order chi connectivity index (χ1) is 14.2. The predicted molar refractivity (Wildman–Crippen MR) is 112 cm³/mol. The van der Waals surface area contributed by atoms with Gasteiger partial charge in [0.25, 0.3) is 5.91 Å². The number of rotatable bonds is 6. The minimum atomic E-state index is -0.840. The lowest BCUT2D eigenvalue weighted by Gasteiger charge is -2.20. The van der Waals surface area contributed by atoms with Gasteiger partial charge in [-0.1, -0.05) is 32.9 Å². The highest BCUT2D eigenvalue weighted by Crippen LogP contribution is 2.32. The van der Waals surface area contributed by atoms with Crippen molar-refractivity contribution < 1.29 is 28.5 Å². The molecule has 7 nitrogen and oxygen atoms in total. The number of hydrogen-bond acceptors (Lipinski definition) is 6. The van der Waals surface area contributed by atoms with E-state index in [-0.39, 0.29) is 5.41 Å². The van der Waals surface area contributed by atoms with Crippen molar-refractivity contribution in [3.63, 3.8) is 0 Å². The van der Waals surface area contributed by atoms with Gasteiger partial charge in [-0.05, 0) is 42.2 Å². The van der Waals surface area contributed by atoms with Crippen molar-refractivity contribution in [3.8, 4) is 17.2 Å². The Morgan fingerprint density at radius 3 is 2.37 bits per heavy atom. The van der Waals surface area contributed by atoms with Crippen LogP contribution in [0.4, 0.5) is 5.69 Å². The second kappa shape index (κ2) is 9.07. The van der Waals surface area contributed by atoms with Crippen LogP contribution in [0.1, 0.15) is 33.3 Å². The first-order valence-corrected chi connectivity index (χ1v) is 9.86. The van der Waals surface area contributed by atoms with Gasteiger partial charge in [-0.3, -0.25) is 4.79 Å². The number of anilines is 1. The highest BCUT2D eigenvalue weighted by Gasteiger charge is 2.19. The standard InChI is InChI=1S/C23H27NO6/c1-15(30-18-8-5-16(6-9-18)23(2,3)4)22(26)29-14-21(25)24-17-7-10-19-20(13-17)28-12-11-27-19/h5-10,13,15H,11-12,14H2,1-4H3,(H,24,25)/t15-/m0/s1. The monoisotopic (exact) mass is 413 g/mol. The molecule has 1 N–H and O–H groups in total. The average molecular weight is 413 g/mol. The third-order valence-corrected chi connectivity index (χ3v) is 4.54. The molecule has 1 atom stereocenters. The van der Waals surface area contributed by atoms with E-state index in [1.54, 1.807) is 25.1 Å². The summed E-state index contributed by atoms with van der Waals surface area (Å²) in [7, 11) is 0. The molecule has 2 aromatic carbocycles. The number of carbonyl (C=O) groups is 2. The van der Waals surface area contributed by atoms with Gasteiger partial charge in [0, 0.05) is 11.8 Å². The Kier molecular flexibility index (Phi) is 6.50. The maximum absolute atomic E-state index is 12.2. The Hall–Kier alpha value is -3.22. The summed E-state index contributed by atoms with van der Waals surface area (Å²) >= 11 is 0. The Bertz CT molecular complexity index is 901. The van der Waals surface area contributed by atoms with Crippen LogP contribution in [0.3, 0.4) is 0 Å². The number of ether oxygens (including phenoxy) is 4. The van der Waals surface area contributed by atoms with Crippen LogP contribution in [0.25, 0.3) is 0 Å². The second-order valence-electron chi connectivity index (χ2n) is 8.05. The third kappa shape index (κ3) is 5.65. The van der Waals surface area contributed by atoms with Gasteiger partial charge >= 0.3 is 5.97 Å². The maximum atomic E-state index is 12.2. The number of esters is 1. The molecule has 0 aliphatic carbocycles. The quantitative estimate of drug-likeness (QED) is 0.727. The van der Waals surface area contributed by atoms with E-state index in [9.17, 15) is 9.59 Å². The number of benzene rings is 2. The fourth-order valence-electron chi connectivity index (χ4n) is 2.86. The zero-order valence-electron chi connectivity index (χ0n) is 17.7. The van der Waals surface area contributed by atoms with Gasteiger partial charge in [0.1, 0.15) is 19.0 Å². The summed E-state index contributed by atoms with van der Waals surface area (Å²) in [4.78, 5) is 24.3. The fraction of sp³-hybridized carbons (Fsp3) is 0.391. The van der Waals surface area contributed by atoms with Crippen LogP contribution in [-0.4, -0.2) is 37.8 Å². The van der Waals surface area contributed by atoms with Gasteiger partial charge in [-0.2, -0.15) is 0 Å². The first kappa shape index (κ1) is 21.5. The van der Waals surface area contributed by atoms with Crippen molar-refractivity contribution in [3.05, 3.63) is 48.0 Å². The SMILES string of the molecule is C[C@H](Oc1ccc(C(C)(C)C)cc1)C(=O)OCC(=O)Nc1ccc2c(c1)OCCO2. The van der Waals surface area contributed by atoms with Crippen LogP contribution in [-0.2, 0) is 19.7 Å². The second-order valence-corrected chi connectivity index (χ2v) is 8.05. The van der Waals surface area contributed by atoms with Crippen molar-refractivity contribution >= 4 is 17.6 Å². The molecule has 1 aliphatic rings. The molecule has 2 aromatic rings. The van der Waals surface area contributed by atoms with Crippen molar-refractivity contribution in [2.45, 2.75) is 39.2 Å². The number of fused-ring (bicyclic) bond motifs is 1. The maximum Gasteiger partial charge on any atom is 0.347 e. The van der Waals surface area contributed by atoms with Crippen molar-refractivity contribution in [1.82, 2.24) is 0 Å². The van der Waals surface area contributed by atoms with Gasteiger partial charge in [-0.25, -0.2) is 4.79 Å². The Morgan fingerprint density at radius 2 is 1.70 bits per heavy atom. The normalized spacial score (nSPS) is 13.9. The van der Waals surface area contributed by atoms with Crippen LogP contribution in [0.5, 0.6) is 17.2 Å². The summed E-state index contributed by atoms with van der Waals surface area (Å²) in [5.74, 6) is 0.685. The largest absolute Gasteiger partial charge is 0.486 e. The van der Waals surface area contributed by atoms with Gasteiger partial charge in [0.15, 0.2) is 24.2 Å². The molecular formula is C23H27NO6. The molecule has 0 spiro atoms. The summed E-state index contributed by atoms with van der Waals surface area (Å²) in [5.41, 5.74) is 1.73. The molecule has 30 heavy (non-hydrogen) atoms. The van der Waals surface area contributed by atoms with Crippen molar-refractivity contribution in [1.29, 1.82) is 0 Å². The lowest BCUT2D eigenvalue weighted by Crippen LogP contribution is -2.29. The number of nitrogens with one attached hydrogen (secondary N) is 1. The summed E-state index contributed by atoms with van der Waals surface area (Å²) < 4.78 is 21.6. The van der Waals surface area contributed by atoms with Crippen LogP contribution in [0.2, 0.25) is 0 Å².